The first-order valence-electron chi connectivity index (χ1n) is 9.63. The van der Waals surface area contributed by atoms with Crippen molar-refractivity contribution < 1.29 is 4.79 Å². The second-order valence-corrected chi connectivity index (χ2v) is 8.79. The Balaban J connectivity index is 1.70. The molecule has 27 heavy (non-hydrogen) atoms. The minimum atomic E-state index is -0.187. The normalized spacial score (nSPS) is 16.3. The Kier molecular flexibility index (Phi) is 6.82. The summed E-state index contributed by atoms with van der Waals surface area (Å²) in [5.41, 5.74) is 0.956. The van der Waals surface area contributed by atoms with Crippen molar-refractivity contribution in [2.24, 2.45) is 7.05 Å². The van der Waals surface area contributed by atoms with E-state index in [1.807, 2.05) is 42.8 Å². The zero-order valence-electron chi connectivity index (χ0n) is 16.2. The van der Waals surface area contributed by atoms with Crippen LogP contribution in [0.1, 0.15) is 46.0 Å². The van der Waals surface area contributed by atoms with Crippen LogP contribution in [0.5, 0.6) is 0 Å². The number of thioether (sulfide) groups is 1. The monoisotopic (exact) mass is 406 g/mol. The number of halogens is 1. The van der Waals surface area contributed by atoms with Crippen LogP contribution >= 0.6 is 23.4 Å². The van der Waals surface area contributed by atoms with Crippen LogP contribution in [0.3, 0.4) is 0 Å². The van der Waals surface area contributed by atoms with Gasteiger partial charge in [0.2, 0.25) is 5.91 Å². The van der Waals surface area contributed by atoms with E-state index in [4.69, 9.17) is 11.6 Å². The van der Waals surface area contributed by atoms with Crippen molar-refractivity contribution in [3.05, 3.63) is 29.3 Å². The van der Waals surface area contributed by atoms with Crippen LogP contribution in [-0.4, -0.2) is 43.4 Å². The van der Waals surface area contributed by atoms with Gasteiger partial charge in [-0.15, -0.1) is 10.2 Å². The third kappa shape index (κ3) is 4.66. The molecule has 0 bridgehead atoms. The molecule has 2 aromatic rings. The van der Waals surface area contributed by atoms with Crippen LogP contribution in [0.15, 0.2) is 29.4 Å². The number of amides is 1. The molecule has 5 nitrogen and oxygen atoms in total. The molecule has 1 saturated carbocycles. The molecule has 1 aromatic carbocycles. The van der Waals surface area contributed by atoms with Gasteiger partial charge >= 0.3 is 0 Å². The molecule has 1 aliphatic rings. The average Bonchev–Trinajstić information content (AvgIpc) is 3.04. The average molecular weight is 407 g/mol. The van der Waals surface area contributed by atoms with E-state index in [2.05, 4.69) is 22.0 Å². The van der Waals surface area contributed by atoms with E-state index < -0.39 is 0 Å². The van der Waals surface area contributed by atoms with E-state index >= 15 is 0 Å². The maximum Gasteiger partial charge on any atom is 0.236 e. The second-order valence-electron chi connectivity index (χ2n) is 7.05. The number of aromatic nitrogens is 3. The van der Waals surface area contributed by atoms with Crippen molar-refractivity contribution in [1.29, 1.82) is 0 Å². The Morgan fingerprint density at radius 1 is 1.26 bits per heavy atom. The molecule has 0 aliphatic heterocycles. The zero-order chi connectivity index (χ0) is 19.4. The van der Waals surface area contributed by atoms with Gasteiger partial charge in [0.05, 0.1) is 5.25 Å². The molecular formula is C20H27ClN4OS. The maximum atomic E-state index is 13.0. The Morgan fingerprint density at radius 2 is 1.93 bits per heavy atom. The minimum Gasteiger partial charge on any atom is -0.339 e. The van der Waals surface area contributed by atoms with Gasteiger partial charge in [-0.3, -0.25) is 4.79 Å². The second kappa shape index (κ2) is 9.11. The quantitative estimate of drug-likeness (QED) is 0.646. The highest BCUT2D eigenvalue weighted by atomic mass is 35.5. The summed E-state index contributed by atoms with van der Waals surface area (Å²) in [6.45, 7) is 4.81. The molecule has 1 amide bonds. The minimum absolute atomic E-state index is 0.187. The van der Waals surface area contributed by atoms with Gasteiger partial charge in [-0.1, -0.05) is 42.6 Å². The van der Waals surface area contributed by atoms with Crippen molar-refractivity contribution in [3.63, 3.8) is 0 Å². The van der Waals surface area contributed by atoms with E-state index in [1.165, 1.54) is 31.0 Å². The third-order valence-corrected chi connectivity index (χ3v) is 6.58. The van der Waals surface area contributed by atoms with Crippen LogP contribution in [-0.2, 0) is 11.8 Å². The van der Waals surface area contributed by atoms with Crippen LogP contribution in [0, 0.1) is 0 Å². The van der Waals surface area contributed by atoms with E-state index in [9.17, 15) is 4.79 Å². The summed E-state index contributed by atoms with van der Waals surface area (Å²) in [5.74, 6) is 0.971. The summed E-state index contributed by atoms with van der Waals surface area (Å²) < 4.78 is 1.94. The lowest BCUT2D eigenvalue weighted by Crippen LogP contribution is -2.44. The molecule has 0 N–H and O–H groups in total. The molecule has 1 heterocycles. The third-order valence-electron chi connectivity index (χ3n) is 5.21. The molecule has 1 aliphatic carbocycles. The Hall–Kier alpha value is -1.53. The molecule has 1 fully saturated rings. The van der Waals surface area contributed by atoms with Crippen molar-refractivity contribution in [2.75, 3.05) is 6.54 Å². The fourth-order valence-corrected chi connectivity index (χ4v) is 4.71. The lowest BCUT2D eigenvalue weighted by atomic mass is 9.94. The molecule has 0 spiro atoms. The Morgan fingerprint density at radius 3 is 2.56 bits per heavy atom. The van der Waals surface area contributed by atoms with Crippen molar-refractivity contribution in [1.82, 2.24) is 19.7 Å². The lowest BCUT2D eigenvalue weighted by Gasteiger charge is -2.35. The molecule has 0 radical (unpaired) electrons. The van der Waals surface area contributed by atoms with Gasteiger partial charge in [-0.2, -0.15) is 0 Å². The largest absolute Gasteiger partial charge is 0.339 e. The summed E-state index contributed by atoms with van der Waals surface area (Å²) in [4.78, 5) is 15.1. The summed E-state index contributed by atoms with van der Waals surface area (Å²) in [6, 6.07) is 7.93. The first kappa shape index (κ1) is 20.2. The van der Waals surface area contributed by atoms with Gasteiger partial charge < -0.3 is 9.47 Å². The fraction of sp³-hybridized carbons (Fsp3) is 0.550. The van der Waals surface area contributed by atoms with Crippen molar-refractivity contribution in [3.8, 4) is 11.4 Å². The van der Waals surface area contributed by atoms with Gasteiger partial charge in [0.15, 0.2) is 11.0 Å². The number of rotatable bonds is 6. The molecule has 7 heteroatoms. The molecule has 3 rings (SSSR count). The highest BCUT2D eigenvalue weighted by Crippen LogP contribution is 2.29. The molecule has 0 saturated heterocycles. The number of hydrogen-bond acceptors (Lipinski definition) is 4. The van der Waals surface area contributed by atoms with Crippen LogP contribution in [0.25, 0.3) is 11.4 Å². The van der Waals surface area contributed by atoms with Gasteiger partial charge in [-0.05, 0) is 51.0 Å². The first-order valence-corrected chi connectivity index (χ1v) is 10.9. The zero-order valence-corrected chi connectivity index (χ0v) is 17.8. The fourth-order valence-electron chi connectivity index (χ4n) is 3.70. The van der Waals surface area contributed by atoms with Crippen LogP contribution in [0.2, 0.25) is 5.02 Å². The number of carbonyl (C=O) groups excluding carboxylic acids is 1. The van der Waals surface area contributed by atoms with E-state index in [0.29, 0.717) is 11.1 Å². The lowest BCUT2D eigenvalue weighted by molar-refractivity contribution is -0.133. The number of carbonyl (C=O) groups is 1. The number of nitrogens with zero attached hydrogens (tertiary/aromatic N) is 4. The molecule has 1 atom stereocenters. The van der Waals surface area contributed by atoms with Gasteiger partial charge in [0, 0.05) is 30.2 Å². The first-order chi connectivity index (χ1) is 13.0. The molecule has 1 unspecified atom stereocenters. The topological polar surface area (TPSA) is 51.0 Å². The van der Waals surface area contributed by atoms with E-state index in [-0.39, 0.29) is 11.2 Å². The van der Waals surface area contributed by atoms with Gasteiger partial charge in [0.25, 0.3) is 0 Å². The maximum absolute atomic E-state index is 13.0. The highest BCUT2D eigenvalue weighted by molar-refractivity contribution is 8.00. The highest BCUT2D eigenvalue weighted by Gasteiger charge is 2.29. The molecular weight excluding hydrogens is 380 g/mol. The Bertz CT molecular complexity index is 771. The number of benzene rings is 1. The van der Waals surface area contributed by atoms with Gasteiger partial charge in [0.1, 0.15) is 0 Å². The number of hydrogen-bond donors (Lipinski definition) is 0. The standard InChI is InChI=1S/C20H27ClN4OS/c1-4-25(17-8-6-5-7-9-17)19(26)14(2)27-20-23-22-18(24(20)3)15-10-12-16(21)13-11-15/h10-14,17H,4-9H2,1-3H3. The van der Waals surface area contributed by atoms with Crippen LogP contribution < -0.4 is 0 Å². The van der Waals surface area contributed by atoms with E-state index in [0.717, 1.165) is 35.9 Å². The smallest absolute Gasteiger partial charge is 0.236 e. The van der Waals surface area contributed by atoms with Crippen LogP contribution in [0.4, 0.5) is 0 Å². The van der Waals surface area contributed by atoms with Gasteiger partial charge in [-0.25, -0.2) is 0 Å². The Labute approximate surface area is 170 Å². The summed E-state index contributed by atoms with van der Waals surface area (Å²) >= 11 is 7.44. The SMILES string of the molecule is CCN(C(=O)C(C)Sc1nnc(-c2ccc(Cl)cc2)n1C)C1CCCCC1. The summed E-state index contributed by atoms with van der Waals surface area (Å²) in [5, 5.41) is 9.87. The van der Waals surface area contributed by atoms with Crippen molar-refractivity contribution in [2.45, 2.75) is 62.4 Å². The summed E-state index contributed by atoms with van der Waals surface area (Å²) in [7, 11) is 1.93. The molecule has 146 valence electrons. The predicted octanol–water partition coefficient (Wildman–Crippen LogP) is 4.80. The summed E-state index contributed by atoms with van der Waals surface area (Å²) in [6.07, 6.45) is 6.00. The predicted molar refractivity (Wildman–Crippen MR) is 111 cm³/mol. The van der Waals surface area contributed by atoms with E-state index in [1.54, 1.807) is 0 Å². The van der Waals surface area contributed by atoms with Crippen molar-refractivity contribution >= 4 is 29.3 Å². The molecule has 1 aromatic heterocycles.